The maximum Gasteiger partial charge on any atom is 0.272 e. The molecule has 1 fully saturated rings. The van der Waals surface area contributed by atoms with Gasteiger partial charge in [0.1, 0.15) is 0 Å². The molecular weight excluding hydrogens is 301 g/mol. The quantitative estimate of drug-likeness (QED) is 0.682. The summed E-state index contributed by atoms with van der Waals surface area (Å²) in [5.41, 5.74) is 0.608. The summed E-state index contributed by atoms with van der Waals surface area (Å²) >= 11 is 12.4. The highest BCUT2D eigenvalue weighted by Crippen LogP contribution is 2.38. The summed E-state index contributed by atoms with van der Waals surface area (Å²) in [5.74, 6) is 0. The van der Waals surface area contributed by atoms with E-state index in [1.165, 1.54) is 12.1 Å². The number of anilines is 1. The first-order valence-corrected chi connectivity index (χ1v) is 7.41. The first kappa shape index (κ1) is 15.4. The zero-order chi connectivity index (χ0) is 14.7. The van der Waals surface area contributed by atoms with Gasteiger partial charge >= 0.3 is 0 Å². The van der Waals surface area contributed by atoms with Crippen molar-refractivity contribution in [1.82, 2.24) is 5.32 Å². The average molecular weight is 318 g/mol. The molecular formula is C13H17Cl2N3O2. The Labute approximate surface area is 128 Å². The maximum atomic E-state index is 10.8. The number of nitro benzene ring substituents is 1. The Balaban J connectivity index is 2.36. The van der Waals surface area contributed by atoms with Crippen molar-refractivity contribution in [3.8, 4) is 0 Å². The van der Waals surface area contributed by atoms with Gasteiger partial charge in [-0.3, -0.25) is 10.1 Å². The topological polar surface area (TPSA) is 58.4 Å². The molecule has 1 aromatic rings. The summed E-state index contributed by atoms with van der Waals surface area (Å²) in [5, 5.41) is 14.8. The van der Waals surface area contributed by atoms with Crippen LogP contribution < -0.4 is 10.2 Å². The average Bonchev–Trinajstić information content (AvgIpc) is 2.43. The van der Waals surface area contributed by atoms with Crippen LogP contribution in [0.25, 0.3) is 0 Å². The van der Waals surface area contributed by atoms with Crippen LogP contribution in [0.2, 0.25) is 10.0 Å². The number of nitro groups is 1. The van der Waals surface area contributed by atoms with Gasteiger partial charge in [-0.1, -0.05) is 23.2 Å². The van der Waals surface area contributed by atoms with Gasteiger partial charge in [-0.15, -0.1) is 0 Å². The maximum absolute atomic E-state index is 10.8. The first-order chi connectivity index (χ1) is 9.54. The number of hydrogen-bond acceptors (Lipinski definition) is 4. The van der Waals surface area contributed by atoms with Crippen LogP contribution in [-0.4, -0.2) is 30.6 Å². The van der Waals surface area contributed by atoms with Crippen LogP contribution in [-0.2, 0) is 0 Å². The Morgan fingerprint density at radius 1 is 1.45 bits per heavy atom. The fourth-order valence-electron chi connectivity index (χ4n) is 2.63. The van der Waals surface area contributed by atoms with Crippen molar-refractivity contribution < 1.29 is 4.92 Å². The van der Waals surface area contributed by atoms with Crippen molar-refractivity contribution in [2.45, 2.75) is 25.8 Å². The van der Waals surface area contributed by atoms with Gasteiger partial charge in [0, 0.05) is 31.3 Å². The first-order valence-electron chi connectivity index (χ1n) is 6.65. The highest BCUT2D eigenvalue weighted by Gasteiger charge is 2.25. The number of rotatable bonds is 4. The summed E-state index contributed by atoms with van der Waals surface area (Å²) in [6, 6.07) is 3.04. The van der Waals surface area contributed by atoms with Crippen LogP contribution in [0.5, 0.6) is 0 Å². The van der Waals surface area contributed by atoms with Gasteiger partial charge in [0.2, 0.25) is 0 Å². The molecule has 1 N–H and O–H groups in total. The molecule has 1 heterocycles. The highest BCUT2D eigenvalue weighted by atomic mass is 35.5. The molecule has 110 valence electrons. The molecule has 1 aliphatic heterocycles. The summed E-state index contributed by atoms with van der Waals surface area (Å²) in [4.78, 5) is 12.5. The van der Waals surface area contributed by atoms with E-state index in [9.17, 15) is 10.1 Å². The van der Waals surface area contributed by atoms with Crippen LogP contribution in [0.4, 0.5) is 11.4 Å². The van der Waals surface area contributed by atoms with Gasteiger partial charge in [-0.05, 0) is 26.3 Å². The van der Waals surface area contributed by atoms with Gasteiger partial charge in [0.25, 0.3) is 5.69 Å². The van der Waals surface area contributed by atoms with Gasteiger partial charge < -0.3 is 10.2 Å². The lowest BCUT2D eigenvalue weighted by atomic mass is 10.0. The summed E-state index contributed by atoms with van der Waals surface area (Å²) in [7, 11) is 0. The van der Waals surface area contributed by atoms with Crippen molar-refractivity contribution >= 4 is 34.6 Å². The van der Waals surface area contributed by atoms with Crippen LogP contribution in [0.3, 0.4) is 0 Å². The minimum absolute atomic E-state index is 0.0819. The van der Waals surface area contributed by atoms with Gasteiger partial charge in [-0.2, -0.15) is 0 Å². The summed E-state index contributed by atoms with van der Waals surface area (Å²) in [6.07, 6.45) is 2.16. The van der Waals surface area contributed by atoms with E-state index < -0.39 is 4.92 Å². The van der Waals surface area contributed by atoms with E-state index >= 15 is 0 Å². The molecule has 1 aliphatic rings. The monoisotopic (exact) mass is 317 g/mol. The molecule has 0 aliphatic carbocycles. The van der Waals surface area contributed by atoms with Crippen LogP contribution in [0, 0.1) is 10.1 Å². The smallest absolute Gasteiger partial charge is 0.272 e. The van der Waals surface area contributed by atoms with E-state index in [1.54, 1.807) is 0 Å². The molecule has 1 atom stereocenters. The molecule has 1 unspecified atom stereocenters. The Bertz CT molecular complexity index is 481. The zero-order valence-electron chi connectivity index (χ0n) is 11.2. The van der Waals surface area contributed by atoms with Gasteiger partial charge in [0.05, 0.1) is 20.7 Å². The third-order valence-corrected chi connectivity index (χ3v) is 4.13. The third kappa shape index (κ3) is 3.16. The third-order valence-electron chi connectivity index (χ3n) is 3.55. The lowest BCUT2D eigenvalue weighted by Gasteiger charge is -2.36. The van der Waals surface area contributed by atoms with E-state index in [0.29, 0.717) is 21.8 Å². The lowest BCUT2D eigenvalue weighted by molar-refractivity contribution is -0.384. The Kier molecular flexibility index (Phi) is 5.07. The molecule has 0 saturated carbocycles. The van der Waals surface area contributed by atoms with E-state index in [2.05, 4.69) is 10.2 Å². The predicted octanol–water partition coefficient (Wildman–Crippen LogP) is 3.48. The number of hydrogen-bond donors (Lipinski definition) is 1. The molecule has 0 amide bonds. The van der Waals surface area contributed by atoms with E-state index in [0.717, 1.165) is 32.5 Å². The van der Waals surface area contributed by atoms with Crippen molar-refractivity contribution in [3.63, 3.8) is 0 Å². The minimum Gasteiger partial charge on any atom is -0.365 e. The molecule has 7 heteroatoms. The Morgan fingerprint density at radius 3 is 2.55 bits per heavy atom. The largest absolute Gasteiger partial charge is 0.365 e. The van der Waals surface area contributed by atoms with Crippen molar-refractivity contribution in [3.05, 3.63) is 32.3 Å². The number of benzene rings is 1. The van der Waals surface area contributed by atoms with Crippen LogP contribution >= 0.6 is 23.2 Å². The van der Waals surface area contributed by atoms with E-state index in [4.69, 9.17) is 23.2 Å². The fourth-order valence-corrected chi connectivity index (χ4v) is 3.32. The van der Waals surface area contributed by atoms with Gasteiger partial charge in [-0.25, -0.2) is 0 Å². The SMILES string of the molecule is CCN(c1c(Cl)cc([N+](=O)[O-])cc1Cl)C1CCCNC1. The summed E-state index contributed by atoms with van der Waals surface area (Å²) < 4.78 is 0. The van der Waals surface area contributed by atoms with E-state index in [-0.39, 0.29) is 5.69 Å². The highest BCUT2D eigenvalue weighted by molar-refractivity contribution is 6.39. The fraction of sp³-hybridized carbons (Fsp3) is 0.538. The molecule has 0 aromatic heterocycles. The second kappa shape index (κ2) is 6.61. The number of halogens is 2. The predicted molar refractivity (Wildman–Crippen MR) is 82.0 cm³/mol. The minimum atomic E-state index is -0.486. The van der Waals surface area contributed by atoms with Crippen LogP contribution in [0.1, 0.15) is 19.8 Å². The van der Waals surface area contributed by atoms with Crippen molar-refractivity contribution in [2.24, 2.45) is 0 Å². The molecule has 0 bridgehead atoms. The van der Waals surface area contributed by atoms with Crippen molar-refractivity contribution in [1.29, 1.82) is 0 Å². The standard InChI is InChI=1S/C13H17Cl2N3O2/c1-2-17(9-4-3-5-16-8-9)13-11(14)6-10(18(19)20)7-12(13)15/h6-7,9,16H,2-5,8H2,1H3. The molecule has 20 heavy (non-hydrogen) atoms. The van der Waals surface area contributed by atoms with Crippen LogP contribution in [0.15, 0.2) is 12.1 Å². The van der Waals surface area contributed by atoms with E-state index in [1.807, 2.05) is 6.92 Å². The second-order valence-electron chi connectivity index (χ2n) is 4.80. The molecule has 2 rings (SSSR count). The molecule has 5 nitrogen and oxygen atoms in total. The number of piperidine rings is 1. The molecule has 0 spiro atoms. The summed E-state index contributed by atoms with van der Waals surface area (Å²) in [6.45, 7) is 4.68. The molecule has 1 saturated heterocycles. The lowest BCUT2D eigenvalue weighted by Crippen LogP contribution is -2.46. The Hall–Kier alpha value is -1.04. The Morgan fingerprint density at radius 2 is 2.10 bits per heavy atom. The molecule has 1 aromatic carbocycles. The number of non-ortho nitro benzene ring substituents is 1. The molecule has 0 radical (unpaired) electrons. The van der Waals surface area contributed by atoms with Gasteiger partial charge in [0.15, 0.2) is 0 Å². The normalized spacial score (nSPS) is 18.9. The number of nitrogens with one attached hydrogen (secondary N) is 1. The van der Waals surface area contributed by atoms with Crippen molar-refractivity contribution in [2.75, 3.05) is 24.5 Å². The number of likely N-dealkylation sites (N-methyl/N-ethyl adjacent to an activating group) is 1. The number of nitrogens with zero attached hydrogens (tertiary/aromatic N) is 2. The second-order valence-corrected chi connectivity index (χ2v) is 5.62. The zero-order valence-corrected chi connectivity index (χ0v) is 12.7.